The molecule has 1 amide bonds. The van der Waals surface area contributed by atoms with Crippen LogP contribution in [0.15, 0.2) is 28.2 Å². The topological polar surface area (TPSA) is 159 Å². The molecular weight excluding hydrogens is 390 g/mol. The number of amides is 1. The van der Waals surface area contributed by atoms with Crippen molar-refractivity contribution < 1.29 is 24.2 Å². The summed E-state index contributed by atoms with van der Waals surface area (Å²) < 4.78 is 11.0. The van der Waals surface area contributed by atoms with Gasteiger partial charge in [0.2, 0.25) is 11.1 Å². The Morgan fingerprint density at radius 1 is 1.29 bits per heavy atom. The number of aromatic nitrogens is 3. The summed E-state index contributed by atoms with van der Waals surface area (Å²) in [5.74, 6) is 5.15. The second kappa shape index (κ2) is 9.60. The summed E-state index contributed by atoms with van der Waals surface area (Å²) in [4.78, 5) is 34.9. The minimum Gasteiger partial charge on any atom is -0.497 e. The number of aryl methyl sites for hydroxylation is 1. The van der Waals surface area contributed by atoms with Crippen molar-refractivity contribution in [1.29, 1.82) is 0 Å². The van der Waals surface area contributed by atoms with Crippen LogP contribution < -0.4 is 26.2 Å². The fourth-order valence-corrected chi connectivity index (χ4v) is 2.77. The molecule has 11 nitrogen and oxygen atoms in total. The first-order chi connectivity index (χ1) is 13.3. The molecule has 0 aliphatic heterocycles. The number of aliphatic carboxylic acids is 1. The van der Waals surface area contributed by atoms with E-state index in [1.165, 1.54) is 14.2 Å². The number of rotatable bonds is 9. The number of carbonyl (C=O) groups excluding carboxylic acids is 1. The van der Waals surface area contributed by atoms with E-state index in [0.29, 0.717) is 17.2 Å². The van der Waals surface area contributed by atoms with Crippen molar-refractivity contribution in [3.05, 3.63) is 34.2 Å². The number of carboxylic acids is 1. The Labute approximate surface area is 163 Å². The van der Waals surface area contributed by atoms with Crippen molar-refractivity contribution in [3.8, 4) is 11.5 Å². The Balaban J connectivity index is 2.02. The second-order valence-electron chi connectivity index (χ2n) is 5.40. The third-order valence-electron chi connectivity index (χ3n) is 3.52. The number of nitrogen functional groups attached to an aromatic ring is 1. The molecule has 12 heteroatoms. The molecular formula is C16H19N5O6S. The molecule has 0 atom stereocenters. The highest BCUT2D eigenvalue weighted by atomic mass is 32.2. The van der Waals surface area contributed by atoms with Gasteiger partial charge in [-0.25, -0.2) is 0 Å². The van der Waals surface area contributed by atoms with Crippen LogP contribution in [0.2, 0.25) is 0 Å². The molecule has 1 aromatic carbocycles. The Morgan fingerprint density at radius 2 is 2.04 bits per heavy atom. The van der Waals surface area contributed by atoms with Gasteiger partial charge < -0.3 is 25.7 Å². The van der Waals surface area contributed by atoms with Gasteiger partial charge in [-0.1, -0.05) is 11.8 Å². The van der Waals surface area contributed by atoms with Crippen molar-refractivity contribution >= 4 is 29.3 Å². The monoisotopic (exact) mass is 409 g/mol. The summed E-state index contributed by atoms with van der Waals surface area (Å²) >= 11 is 0.913. The molecule has 2 aromatic rings. The fourth-order valence-electron chi connectivity index (χ4n) is 2.12. The zero-order valence-corrected chi connectivity index (χ0v) is 16.0. The highest BCUT2D eigenvalue weighted by Crippen LogP contribution is 2.29. The molecule has 0 aliphatic carbocycles. The summed E-state index contributed by atoms with van der Waals surface area (Å²) in [6, 6.07) is 4.93. The summed E-state index contributed by atoms with van der Waals surface area (Å²) in [6.45, 7) is 0. The number of nitrogens with zero attached hydrogens (tertiary/aromatic N) is 3. The van der Waals surface area contributed by atoms with Gasteiger partial charge in [-0.05, 0) is 12.1 Å². The number of nitrogens with one attached hydrogen (secondary N) is 1. The molecule has 0 aliphatic rings. The quantitative estimate of drug-likeness (QED) is 0.383. The number of hydrogen-bond donors (Lipinski definition) is 3. The maximum Gasteiger partial charge on any atom is 0.303 e. The van der Waals surface area contributed by atoms with E-state index in [0.717, 1.165) is 16.4 Å². The largest absolute Gasteiger partial charge is 0.497 e. The maximum absolute atomic E-state index is 12.2. The molecule has 150 valence electrons. The van der Waals surface area contributed by atoms with E-state index >= 15 is 0 Å². The Kier molecular flexibility index (Phi) is 7.21. The molecule has 0 fully saturated rings. The normalized spacial score (nSPS) is 10.4. The Morgan fingerprint density at radius 3 is 2.68 bits per heavy atom. The van der Waals surface area contributed by atoms with Crippen molar-refractivity contribution in [2.75, 3.05) is 31.1 Å². The first kappa shape index (κ1) is 21.0. The average molecular weight is 409 g/mol. The van der Waals surface area contributed by atoms with Crippen LogP contribution in [0.3, 0.4) is 0 Å². The van der Waals surface area contributed by atoms with Crippen LogP contribution in [0.25, 0.3) is 0 Å². The van der Waals surface area contributed by atoms with Crippen LogP contribution in [0.5, 0.6) is 11.5 Å². The number of methoxy groups -OCH3 is 2. The number of hydrogen-bond acceptors (Lipinski definition) is 9. The number of ether oxygens (including phenoxy) is 2. The van der Waals surface area contributed by atoms with Crippen molar-refractivity contribution in [2.24, 2.45) is 0 Å². The third kappa shape index (κ3) is 5.36. The molecule has 0 unspecified atom stereocenters. The second-order valence-corrected chi connectivity index (χ2v) is 6.34. The fraction of sp³-hybridized carbons (Fsp3) is 0.312. The van der Waals surface area contributed by atoms with Crippen molar-refractivity contribution in [3.63, 3.8) is 0 Å². The zero-order valence-electron chi connectivity index (χ0n) is 15.2. The van der Waals surface area contributed by atoms with Gasteiger partial charge in [0.1, 0.15) is 17.2 Å². The summed E-state index contributed by atoms with van der Waals surface area (Å²) in [5.41, 5.74) is -0.258. The summed E-state index contributed by atoms with van der Waals surface area (Å²) in [7, 11) is 2.98. The van der Waals surface area contributed by atoms with Gasteiger partial charge >= 0.3 is 5.97 Å². The molecule has 4 N–H and O–H groups in total. The molecule has 2 rings (SSSR count). The maximum atomic E-state index is 12.2. The summed E-state index contributed by atoms with van der Waals surface area (Å²) in [6.07, 6.45) is -0.344. The predicted molar refractivity (Wildman–Crippen MR) is 101 cm³/mol. The van der Waals surface area contributed by atoms with Gasteiger partial charge in [0, 0.05) is 12.5 Å². The first-order valence-electron chi connectivity index (χ1n) is 7.95. The van der Waals surface area contributed by atoms with Crippen molar-refractivity contribution in [1.82, 2.24) is 14.9 Å². The Bertz CT molecular complexity index is 932. The predicted octanol–water partition coefficient (Wildman–Crippen LogP) is 0.117. The lowest BCUT2D eigenvalue weighted by Gasteiger charge is -2.11. The lowest BCUT2D eigenvalue weighted by Crippen LogP contribution is -2.34. The number of carboxylic acid groups (broad SMARTS) is 1. The van der Waals surface area contributed by atoms with Gasteiger partial charge in [-0.2, -0.15) is 4.68 Å². The third-order valence-corrected chi connectivity index (χ3v) is 4.46. The number of thioether (sulfide) groups is 1. The van der Waals surface area contributed by atoms with Gasteiger partial charge in [0.25, 0.3) is 5.56 Å². The zero-order chi connectivity index (χ0) is 20.7. The molecule has 0 radical (unpaired) electrons. The van der Waals surface area contributed by atoms with E-state index in [4.69, 9.17) is 20.4 Å². The van der Waals surface area contributed by atoms with Gasteiger partial charge in [0.05, 0.1) is 32.1 Å². The van der Waals surface area contributed by atoms with E-state index in [9.17, 15) is 14.4 Å². The van der Waals surface area contributed by atoms with E-state index < -0.39 is 11.5 Å². The summed E-state index contributed by atoms with van der Waals surface area (Å²) in [5, 5.41) is 18.9. The minimum atomic E-state index is -1.06. The van der Waals surface area contributed by atoms with Crippen LogP contribution in [-0.2, 0) is 16.0 Å². The smallest absolute Gasteiger partial charge is 0.303 e. The lowest BCUT2D eigenvalue weighted by molar-refractivity contribution is -0.137. The van der Waals surface area contributed by atoms with Gasteiger partial charge in [-0.3, -0.25) is 14.4 Å². The van der Waals surface area contributed by atoms with E-state index in [-0.39, 0.29) is 35.4 Å². The van der Waals surface area contributed by atoms with E-state index in [2.05, 4.69) is 15.5 Å². The average Bonchev–Trinajstić information content (AvgIpc) is 2.68. The lowest BCUT2D eigenvalue weighted by atomic mass is 10.2. The van der Waals surface area contributed by atoms with E-state index in [1.54, 1.807) is 18.2 Å². The molecule has 1 heterocycles. The number of carbonyl (C=O) groups is 2. The number of anilines is 1. The van der Waals surface area contributed by atoms with Crippen LogP contribution in [0.1, 0.15) is 12.1 Å². The highest BCUT2D eigenvalue weighted by Gasteiger charge is 2.14. The number of benzene rings is 1. The van der Waals surface area contributed by atoms with E-state index in [1.807, 2.05) is 0 Å². The van der Waals surface area contributed by atoms with Crippen LogP contribution in [0, 0.1) is 0 Å². The highest BCUT2D eigenvalue weighted by molar-refractivity contribution is 7.99. The molecule has 0 saturated carbocycles. The van der Waals surface area contributed by atoms with Crippen molar-refractivity contribution in [2.45, 2.75) is 18.0 Å². The molecule has 0 spiro atoms. The first-order valence-corrected chi connectivity index (χ1v) is 8.94. The minimum absolute atomic E-state index is 0.0286. The Hall–Kier alpha value is -3.28. The molecule has 28 heavy (non-hydrogen) atoms. The van der Waals surface area contributed by atoms with Crippen LogP contribution >= 0.6 is 11.8 Å². The molecule has 1 aromatic heterocycles. The standard InChI is InChI=1S/C16H19N5O6S/c1-26-9-3-4-10(12(7-9)27-2)18-13(22)8-28-16-20-19-11(5-6-14(23)24)15(25)21(16)17/h3-4,7H,5-6,8,17H2,1-2H3,(H,18,22)(H,23,24). The number of nitrogens with two attached hydrogens (primary N) is 1. The van der Waals surface area contributed by atoms with Crippen LogP contribution in [0.4, 0.5) is 5.69 Å². The van der Waals surface area contributed by atoms with Crippen LogP contribution in [-0.4, -0.2) is 51.8 Å². The SMILES string of the molecule is COc1ccc(NC(=O)CSc2nnc(CCC(=O)O)c(=O)n2N)c(OC)c1. The van der Waals surface area contributed by atoms with Gasteiger partial charge in [0.15, 0.2) is 0 Å². The molecule has 0 saturated heterocycles. The molecule has 0 bridgehead atoms. The van der Waals surface area contributed by atoms with Gasteiger partial charge in [-0.15, -0.1) is 10.2 Å².